The molecule has 3 nitrogen and oxygen atoms in total. The lowest BCUT2D eigenvalue weighted by Gasteiger charge is -2.30. The number of benzene rings is 1. The summed E-state index contributed by atoms with van der Waals surface area (Å²) >= 11 is 0. The summed E-state index contributed by atoms with van der Waals surface area (Å²) in [5, 5.41) is 9.33. The Morgan fingerprint density at radius 1 is 1.53 bits per heavy atom. The molecular weight excluding hydrogens is 245 g/mol. The average molecular weight is 265 g/mol. The highest BCUT2D eigenvalue weighted by molar-refractivity contribution is 5.74. The van der Waals surface area contributed by atoms with E-state index in [0.717, 1.165) is 18.5 Å². The molecule has 3 unspecified atom stereocenters. The van der Waals surface area contributed by atoms with Crippen molar-refractivity contribution in [2.24, 2.45) is 5.92 Å². The number of carbonyl (C=O) groups is 1. The molecule has 1 aromatic rings. The van der Waals surface area contributed by atoms with E-state index >= 15 is 0 Å². The van der Waals surface area contributed by atoms with Crippen molar-refractivity contribution in [2.45, 2.75) is 39.3 Å². The highest BCUT2D eigenvalue weighted by atomic mass is 19.1. The van der Waals surface area contributed by atoms with Crippen LogP contribution in [0.25, 0.3) is 0 Å². The second-order valence-electron chi connectivity index (χ2n) is 5.47. The normalized spacial score (nSPS) is 25.5. The van der Waals surface area contributed by atoms with Gasteiger partial charge in [-0.05, 0) is 49.9 Å². The van der Waals surface area contributed by atoms with Crippen LogP contribution in [0.1, 0.15) is 37.4 Å². The van der Waals surface area contributed by atoms with Gasteiger partial charge in [-0.2, -0.15) is 0 Å². The second kappa shape index (κ2) is 5.29. The molecule has 0 aliphatic carbocycles. The predicted octanol–water partition coefficient (Wildman–Crippen LogP) is 2.99. The molecule has 2 rings (SSSR count). The fourth-order valence-electron chi connectivity index (χ4n) is 2.86. The van der Waals surface area contributed by atoms with Gasteiger partial charge in [-0.15, -0.1) is 0 Å². The lowest BCUT2D eigenvalue weighted by molar-refractivity contribution is -0.144. The molecule has 0 amide bonds. The molecule has 19 heavy (non-hydrogen) atoms. The predicted molar refractivity (Wildman–Crippen MR) is 71.5 cm³/mol. The summed E-state index contributed by atoms with van der Waals surface area (Å²) in [5.74, 6) is -0.886. The lowest BCUT2D eigenvalue weighted by Crippen LogP contribution is -2.40. The smallest absolute Gasteiger partial charge is 0.321 e. The third kappa shape index (κ3) is 2.63. The number of carboxylic acids is 1. The van der Waals surface area contributed by atoms with Crippen molar-refractivity contribution in [3.63, 3.8) is 0 Å². The number of likely N-dealkylation sites (tertiary alicyclic amines) is 1. The van der Waals surface area contributed by atoms with Crippen LogP contribution in [0.2, 0.25) is 0 Å². The van der Waals surface area contributed by atoms with Gasteiger partial charge in [0.2, 0.25) is 0 Å². The van der Waals surface area contributed by atoms with Crippen LogP contribution >= 0.6 is 0 Å². The first-order valence-corrected chi connectivity index (χ1v) is 6.66. The van der Waals surface area contributed by atoms with Crippen LogP contribution in [-0.4, -0.2) is 28.6 Å². The van der Waals surface area contributed by atoms with Gasteiger partial charge in [0, 0.05) is 6.04 Å². The molecule has 1 aliphatic rings. The molecule has 0 saturated carbocycles. The Morgan fingerprint density at radius 3 is 2.79 bits per heavy atom. The second-order valence-corrected chi connectivity index (χ2v) is 5.47. The van der Waals surface area contributed by atoms with Crippen molar-refractivity contribution in [3.8, 4) is 0 Å². The quantitative estimate of drug-likeness (QED) is 0.913. The van der Waals surface area contributed by atoms with E-state index in [9.17, 15) is 14.3 Å². The molecular formula is C15H20FNO2. The molecule has 1 heterocycles. The highest BCUT2D eigenvalue weighted by Gasteiger charge is 2.39. The zero-order valence-corrected chi connectivity index (χ0v) is 11.6. The molecule has 0 bridgehead atoms. The third-order valence-electron chi connectivity index (χ3n) is 4.17. The van der Waals surface area contributed by atoms with Gasteiger partial charge in [0.1, 0.15) is 11.9 Å². The molecule has 3 atom stereocenters. The zero-order chi connectivity index (χ0) is 14.2. The van der Waals surface area contributed by atoms with Crippen molar-refractivity contribution in [3.05, 3.63) is 35.1 Å². The number of hydrogen-bond acceptors (Lipinski definition) is 2. The number of halogens is 1. The fraction of sp³-hybridized carbons (Fsp3) is 0.533. The van der Waals surface area contributed by atoms with Crippen molar-refractivity contribution >= 4 is 5.97 Å². The monoisotopic (exact) mass is 265 g/mol. The van der Waals surface area contributed by atoms with Crippen LogP contribution < -0.4 is 0 Å². The Bertz CT molecular complexity index is 489. The van der Waals surface area contributed by atoms with Crippen molar-refractivity contribution in [1.82, 2.24) is 4.90 Å². The van der Waals surface area contributed by atoms with Crippen LogP contribution in [0.3, 0.4) is 0 Å². The Hall–Kier alpha value is -1.42. The zero-order valence-electron chi connectivity index (χ0n) is 11.6. The summed E-state index contributed by atoms with van der Waals surface area (Å²) in [6.07, 6.45) is 0.871. The van der Waals surface area contributed by atoms with Gasteiger partial charge in [0.25, 0.3) is 0 Å². The van der Waals surface area contributed by atoms with Crippen LogP contribution in [0.4, 0.5) is 4.39 Å². The topological polar surface area (TPSA) is 40.5 Å². The van der Waals surface area contributed by atoms with E-state index in [-0.39, 0.29) is 17.8 Å². The molecule has 1 fully saturated rings. The van der Waals surface area contributed by atoms with E-state index in [0.29, 0.717) is 5.56 Å². The van der Waals surface area contributed by atoms with Gasteiger partial charge < -0.3 is 5.11 Å². The van der Waals surface area contributed by atoms with Gasteiger partial charge in [-0.25, -0.2) is 4.39 Å². The van der Waals surface area contributed by atoms with Gasteiger partial charge in [-0.1, -0.05) is 19.1 Å². The number of carboxylic acid groups (broad SMARTS) is 1. The number of nitrogens with zero attached hydrogens (tertiary/aromatic N) is 1. The maximum absolute atomic E-state index is 13.6. The molecule has 1 aliphatic heterocycles. The fourth-order valence-corrected chi connectivity index (χ4v) is 2.86. The maximum atomic E-state index is 13.6. The number of aryl methyl sites for hydroxylation is 1. The Kier molecular flexibility index (Phi) is 3.90. The molecule has 0 radical (unpaired) electrons. The SMILES string of the molecule is Cc1ccc(C(C)N2CCC(C)C2C(=O)O)cc1F. The van der Waals surface area contributed by atoms with E-state index in [1.54, 1.807) is 13.0 Å². The first kappa shape index (κ1) is 14.0. The molecule has 104 valence electrons. The van der Waals surface area contributed by atoms with E-state index in [4.69, 9.17) is 0 Å². The summed E-state index contributed by atoms with van der Waals surface area (Å²) in [6, 6.07) is 4.59. The minimum atomic E-state index is -0.788. The van der Waals surface area contributed by atoms with Crippen molar-refractivity contribution in [2.75, 3.05) is 6.54 Å². The highest BCUT2D eigenvalue weighted by Crippen LogP contribution is 2.33. The molecule has 1 N–H and O–H groups in total. The first-order valence-electron chi connectivity index (χ1n) is 6.66. The summed E-state index contributed by atoms with van der Waals surface area (Å²) < 4.78 is 13.6. The third-order valence-corrected chi connectivity index (χ3v) is 4.17. The molecule has 1 saturated heterocycles. The summed E-state index contributed by atoms with van der Waals surface area (Å²) in [4.78, 5) is 13.3. The van der Waals surface area contributed by atoms with Gasteiger partial charge >= 0.3 is 5.97 Å². The standard InChI is InChI=1S/C15H20FNO2/c1-9-4-5-12(8-13(9)16)11(3)17-7-6-10(2)14(17)15(18)19/h4-5,8,10-11,14H,6-7H2,1-3H3,(H,18,19). The largest absolute Gasteiger partial charge is 0.480 e. The van der Waals surface area contributed by atoms with Crippen LogP contribution in [0.5, 0.6) is 0 Å². The van der Waals surface area contributed by atoms with Gasteiger partial charge in [-0.3, -0.25) is 9.69 Å². The van der Waals surface area contributed by atoms with E-state index in [1.165, 1.54) is 6.07 Å². The van der Waals surface area contributed by atoms with E-state index < -0.39 is 12.0 Å². The molecule has 0 spiro atoms. The minimum Gasteiger partial charge on any atom is -0.480 e. The minimum absolute atomic E-state index is 0.0823. The summed E-state index contributed by atoms with van der Waals surface area (Å²) in [5.41, 5.74) is 1.45. The van der Waals surface area contributed by atoms with Crippen LogP contribution in [-0.2, 0) is 4.79 Å². The summed E-state index contributed by atoms with van der Waals surface area (Å²) in [6.45, 7) is 6.37. The Balaban J connectivity index is 2.25. The van der Waals surface area contributed by atoms with Crippen molar-refractivity contribution < 1.29 is 14.3 Å². The first-order chi connectivity index (χ1) is 8.91. The Morgan fingerprint density at radius 2 is 2.21 bits per heavy atom. The molecule has 0 aromatic heterocycles. The van der Waals surface area contributed by atoms with E-state index in [1.807, 2.05) is 24.8 Å². The number of hydrogen-bond donors (Lipinski definition) is 1. The van der Waals surface area contributed by atoms with Gasteiger partial charge in [0.15, 0.2) is 0 Å². The Labute approximate surface area is 113 Å². The average Bonchev–Trinajstić information content (AvgIpc) is 2.74. The van der Waals surface area contributed by atoms with Crippen LogP contribution in [0.15, 0.2) is 18.2 Å². The van der Waals surface area contributed by atoms with Crippen molar-refractivity contribution in [1.29, 1.82) is 0 Å². The molecule has 1 aromatic carbocycles. The summed E-state index contributed by atoms with van der Waals surface area (Å²) in [7, 11) is 0. The number of rotatable bonds is 3. The van der Waals surface area contributed by atoms with Gasteiger partial charge in [0.05, 0.1) is 0 Å². The van der Waals surface area contributed by atoms with Crippen LogP contribution in [0, 0.1) is 18.7 Å². The maximum Gasteiger partial charge on any atom is 0.321 e. The lowest BCUT2D eigenvalue weighted by atomic mass is 10.0. The number of aliphatic carboxylic acids is 1. The van der Waals surface area contributed by atoms with E-state index in [2.05, 4.69) is 0 Å². The molecule has 4 heteroatoms.